The third-order valence-corrected chi connectivity index (χ3v) is 4.23. The van der Waals surface area contributed by atoms with Crippen molar-refractivity contribution in [3.8, 4) is 11.5 Å². The summed E-state index contributed by atoms with van der Waals surface area (Å²) in [6, 6.07) is 4.83. The highest BCUT2D eigenvalue weighted by atomic mass is 16.5. The molecule has 0 aromatic heterocycles. The normalized spacial score (nSPS) is 18.6. The van der Waals surface area contributed by atoms with Crippen LogP contribution < -0.4 is 14.4 Å². The smallest absolute Gasteiger partial charge is 0.249 e. The van der Waals surface area contributed by atoms with Crippen molar-refractivity contribution in [2.24, 2.45) is 5.41 Å². The molecule has 0 spiro atoms. The summed E-state index contributed by atoms with van der Waals surface area (Å²) in [6.45, 7) is 8.28. The van der Waals surface area contributed by atoms with Gasteiger partial charge in [0.25, 0.3) is 0 Å². The topological polar surface area (TPSA) is 59.1 Å². The molecule has 0 saturated carbocycles. The molecule has 1 atom stereocenters. The molecule has 1 aliphatic rings. The van der Waals surface area contributed by atoms with Crippen molar-refractivity contribution < 1.29 is 19.1 Å². The lowest BCUT2D eigenvalue weighted by molar-refractivity contribution is -0.147. The molecule has 0 aliphatic carbocycles. The first-order valence-corrected chi connectivity index (χ1v) is 8.05. The summed E-state index contributed by atoms with van der Waals surface area (Å²) >= 11 is 0. The molecule has 1 aromatic rings. The second-order valence-corrected chi connectivity index (χ2v) is 6.95. The number of hydrogen-bond acceptors (Lipinski definition) is 4. The number of piperazine rings is 1. The van der Waals surface area contributed by atoms with Crippen molar-refractivity contribution in [1.29, 1.82) is 0 Å². The van der Waals surface area contributed by atoms with E-state index in [2.05, 4.69) is 0 Å². The van der Waals surface area contributed by atoms with E-state index in [1.165, 1.54) is 0 Å². The largest absolute Gasteiger partial charge is 0.497 e. The molecule has 132 valence electrons. The third kappa shape index (κ3) is 3.32. The van der Waals surface area contributed by atoms with Crippen LogP contribution in [0, 0.1) is 5.41 Å². The maximum Gasteiger partial charge on any atom is 0.249 e. The van der Waals surface area contributed by atoms with Crippen molar-refractivity contribution in [3.05, 3.63) is 18.2 Å². The predicted molar refractivity (Wildman–Crippen MR) is 92.5 cm³/mol. The Hall–Kier alpha value is -2.24. The number of ether oxygens (including phenoxy) is 2. The minimum Gasteiger partial charge on any atom is -0.497 e. The van der Waals surface area contributed by atoms with Crippen LogP contribution in [0.25, 0.3) is 0 Å². The third-order valence-electron chi connectivity index (χ3n) is 4.23. The molecule has 6 nitrogen and oxygen atoms in total. The Balaban J connectivity index is 2.31. The Labute approximate surface area is 143 Å². The highest BCUT2D eigenvalue weighted by molar-refractivity contribution is 6.01. The van der Waals surface area contributed by atoms with Gasteiger partial charge >= 0.3 is 0 Å². The van der Waals surface area contributed by atoms with E-state index in [1.807, 2.05) is 20.8 Å². The number of benzene rings is 1. The molecule has 1 heterocycles. The SMILES string of the molecule is COc1ccc(OC)c(N2CCN(C(=O)C(C)(C)C)C(C)C2=O)c1. The Morgan fingerprint density at radius 1 is 1.17 bits per heavy atom. The van der Waals surface area contributed by atoms with E-state index in [-0.39, 0.29) is 11.8 Å². The van der Waals surface area contributed by atoms with Gasteiger partial charge in [0.1, 0.15) is 17.5 Å². The Morgan fingerprint density at radius 3 is 2.38 bits per heavy atom. The van der Waals surface area contributed by atoms with E-state index >= 15 is 0 Å². The second kappa shape index (κ2) is 6.71. The van der Waals surface area contributed by atoms with E-state index in [1.54, 1.807) is 49.1 Å². The molecule has 6 heteroatoms. The minimum atomic E-state index is -0.513. The average molecular weight is 334 g/mol. The Kier molecular flexibility index (Phi) is 5.06. The summed E-state index contributed by atoms with van der Waals surface area (Å²) in [7, 11) is 3.15. The fourth-order valence-corrected chi connectivity index (χ4v) is 2.83. The van der Waals surface area contributed by atoms with Gasteiger partial charge in [-0.3, -0.25) is 9.59 Å². The minimum absolute atomic E-state index is 0.0133. The van der Waals surface area contributed by atoms with Crippen LogP contribution in [0.4, 0.5) is 5.69 Å². The Bertz CT molecular complexity index is 636. The van der Waals surface area contributed by atoms with Gasteiger partial charge in [-0.25, -0.2) is 0 Å². The first kappa shape index (κ1) is 18.1. The van der Waals surface area contributed by atoms with Gasteiger partial charge in [0, 0.05) is 24.6 Å². The molecular weight excluding hydrogens is 308 g/mol. The van der Waals surface area contributed by atoms with Gasteiger partial charge < -0.3 is 19.3 Å². The lowest BCUT2D eigenvalue weighted by Gasteiger charge is -2.41. The van der Waals surface area contributed by atoms with Crippen LogP contribution in [0.2, 0.25) is 0 Å². The van der Waals surface area contributed by atoms with E-state index in [4.69, 9.17) is 9.47 Å². The molecule has 1 saturated heterocycles. The molecule has 0 radical (unpaired) electrons. The monoisotopic (exact) mass is 334 g/mol. The zero-order valence-electron chi connectivity index (χ0n) is 15.3. The van der Waals surface area contributed by atoms with E-state index < -0.39 is 11.5 Å². The van der Waals surface area contributed by atoms with E-state index in [0.29, 0.717) is 30.3 Å². The first-order chi connectivity index (χ1) is 11.2. The molecule has 2 rings (SSSR count). The quantitative estimate of drug-likeness (QED) is 0.851. The zero-order chi connectivity index (χ0) is 18.1. The number of hydrogen-bond donors (Lipinski definition) is 0. The van der Waals surface area contributed by atoms with Crippen LogP contribution in [0.1, 0.15) is 27.7 Å². The maximum atomic E-state index is 12.9. The number of carbonyl (C=O) groups excluding carboxylic acids is 2. The molecule has 1 aromatic carbocycles. The average Bonchev–Trinajstić information content (AvgIpc) is 2.55. The fraction of sp³-hybridized carbons (Fsp3) is 0.556. The lowest BCUT2D eigenvalue weighted by atomic mass is 9.93. The van der Waals surface area contributed by atoms with Crippen molar-refractivity contribution >= 4 is 17.5 Å². The maximum absolute atomic E-state index is 12.9. The van der Waals surface area contributed by atoms with Crippen molar-refractivity contribution in [1.82, 2.24) is 4.90 Å². The summed E-state index contributed by atoms with van der Waals surface area (Å²) in [4.78, 5) is 28.7. The summed E-state index contributed by atoms with van der Waals surface area (Å²) in [5.41, 5.74) is 0.154. The highest BCUT2D eigenvalue weighted by Gasteiger charge is 2.39. The summed E-state index contributed by atoms with van der Waals surface area (Å²) in [5.74, 6) is 1.12. The fourth-order valence-electron chi connectivity index (χ4n) is 2.83. The van der Waals surface area contributed by atoms with Gasteiger partial charge in [-0.2, -0.15) is 0 Å². The highest BCUT2D eigenvalue weighted by Crippen LogP contribution is 2.34. The van der Waals surface area contributed by atoms with Crippen molar-refractivity contribution in [2.75, 3.05) is 32.2 Å². The standard InChI is InChI=1S/C18H26N2O4/c1-12-16(21)20(10-9-19(12)17(22)18(2,3)4)14-11-13(23-5)7-8-15(14)24-6/h7-8,11-12H,9-10H2,1-6H3. The van der Waals surface area contributed by atoms with Crippen molar-refractivity contribution in [2.45, 2.75) is 33.7 Å². The second-order valence-electron chi connectivity index (χ2n) is 6.95. The number of nitrogens with zero attached hydrogens (tertiary/aromatic N) is 2. The molecule has 1 aliphatic heterocycles. The molecule has 24 heavy (non-hydrogen) atoms. The Morgan fingerprint density at radius 2 is 1.83 bits per heavy atom. The van der Waals surface area contributed by atoms with Crippen molar-refractivity contribution in [3.63, 3.8) is 0 Å². The van der Waals surface area contributed by atoms with Gasteiger partial charge in [-0.05, 0) is 19.1 Å². The van der Waals surface area contributed by atoms with Gasteiger partial charge in [0.05, 0.1) is 19.9 Å². The summed E-state index contributed by atoms with van der Waals surface area (Å²) in [6.07, 6.45) is 0. The van der Waals surface area contributed by atoms with Crippen LogP contribution >= 0.6 is 0 Å². The van der Waals surface area contributed by atoms with Crippen LogP contribution in [0.5, 0.6) is 11.5 Å². The van der Waals surface area contributed by atoms with Crippen LogP contribution in [-0.4, -0.2) is 50.1 Å². The predicted octanol–water partition coefficient (Wildman–Crippen LogP) is 2.31. The van der Waals surface area contributed by atoms with Gasteiger partial charge in [-0.15, -0.1) is 0 Å². The number of amides is 2. The lowest BCUT2D eigenvalue weighted by Crippen LogP contribution is -2.59. The number of rotatable bonds is 3. The van der Waals surface area contributed by atoms with Gasteiger partial charge in [-0.1, -0.05) is 20.8 Å². The van der Waals surface area contributed by atoms with Gasteiger partial charge in [0.15, 0.2) is 0 Å². The van der Waals surface area contributed by atoms with Crippen LogP contribution in [0.3, 0.4) is 0 Å². The van der Waals surface area contributed by atoms with Crippen LogP contribution in [0.15, 0.2) is 18.2 Å². The van der Waals surface area contributed by atoms with E-state index in [0.717, 1.165) is 0 Å². The summed E-state index contributed by atoms with van der Waals surface area (Å²) in [5, 5.41) is 0. The molecule has 0 N–H and O–H groups in total. The zero-order valence-corrected chi connectivity index (χ0v) is 15.3. The summed E-state index contributed by atoms with van der Waals surface area (Å²) < 4.78 is 10.6. The molecule has 1 fully saturated rings. The van der Waals surface area contributed by atoms with Gasteiger partial charge in [0.2, 0.25) is 11.8 Å². The van der Waals surface area contributed by atoms with E-state index in [9.17, 15) is 9.59 Å². The molecule has 0 bridgehead atoms. The number of methoxy groups -OCH3 is 2. The molecular formula is C18H26N2O4. The first-order valence-electron chi connectivity index (χ1n) is 8.05. The molecule has 2 amide bonds. The number of carbonyl (C=O) groups is 2. The number of anilines is 1. The molecule has 1 unspecified atom stereocenters. The van der Waals surface area contributed by atoms with Crippen LogP contribution in [-0.2, 0) is 9.59 Å².